The highest BCUT2D eigenvalue weighted by Crippen LogP contribution is 2.20. The predicted octanol–water partition coefficient (Wildman–Crippen LogP) is 4.20. The van der Waals surface area contributed by atoms with Crippen molar-refractivity contribution in [3.8, 4) is 11.5 Å². The van der Waals surface area contributed by atoms with Crippen LogP contribution in [0.5, 0.6) is 11.5 Å². The Labute approximate surface area is 215 Å². The number of nitrogens with one attached hydrogen (secondary N) is 3. The largest absolute Gasteiger partial charge is 0.494 e. The molecule has 0 aromatic heterocycles. The lowest BCUT2D eigenvalue weighted by Crippen LogP contribution is -2.32. The van der Waals surface area contributed by atoms with E-state index < -0.39 is 11.8 Å². The summed E-state index contributed by atoms with van der Waals surface area (Å²) in [5.74, 6) is -0.916. The maximum atomic E-state index is 12.3. The summed E-state index contributed by atoms with van der Waals surface area (Å²) < 4.78 is 11.1. The smallest absolute Gasteiger partial charge is 0.329 e. The molecule has 0 radical (unpaired) electrons. The summed E-state index contributed by atoms with van der Waals surface area (Å²) >= 11 is 0. The van der Waals surface area contributed by atoms with E-state index in [1.54, 1.807) is 48.5 Å². The fourth-order valence-electron chi connectivity index (χ4n) is 3.28. The molecule has 0 aliphatic heterocycles. The number of anilines is 2. The van der Waals surface area contributed by atoms with E-state index in [2.05, 4.69) is 21.2 Å². The number of hydrazone groups is 1. The van der Waals surface area contributed by atoms with Crippen LogP contribution in [0.25, 0.3) is 0 Å². The van der Waals surface area contributed by atoms with Gasteiger partial charge in [-0.1, -0.05) is 37.3 Å². The van der Waals surface area contributed by atoms with Crippen LogP contribution in [0.4, 0.5) is 11.4 Å². The summed E-state index contributed by atoms with van der Waals surface area (Å²) in [5, 5.41) is 9.19. The summed E-state index contributed by atoms with van der Waals surface area (Å²) in [4.78, 5) is 36.5. The molecule has 3 aromatic rings. The van der Waals surface area contributed by atoms with Gasteiger partial charge in [-0.3, -0.25) is 14.4 Å². The zero-order valence-electron chi connectivity index (χ0n) is 21.0. The fraction of sp³-hybridized carbons (Fsp3) is 0.214. The van der Waals surface area contributed by atoms with Crippen molar-refractivity contribution in [1.29, 1.82) is 0 Å². The first-order valence-corrected chi connectivity index (χ1v) is 11.8. The Morgan fingerprint density at radius 1 is 0.838 bits per heavy atom. The maximum absolute atomic E-state index is 12.3. The zero-order valence-corrected chi connectivity index (χ0v) is 21.0. The van der Waals surface area contributed by atoms with Crippen molar-refractivity contribution in [2.24, 2.45) is 5.10 Å². The third kappa shape index (κ3) is 8.50. The molecule has 3 N–H and O–H groups in total. The van der Waals surface area contributed by atoms with Gasteiger partial charge in [0.2, 0.25) is 0 Å². The Bertz CT molecular complexity index is 1250. The van der Waals surface area contributed by atoms with Gasteiger partial charge in [0.25, 0.3) is 5.91 Å². The third-order valence-corrected chi connectivity index (χ3v) is 5.14. The number of aryl methyl sites for hydroxylation is 2. The van der Waals surface area contributed by atoms with Crippen LogP contribution in [-0.2, 0) is 14.4 Å². The minimum absolute atomic E-state index is 0.170. The second kappa shape index (κ2) is 13.4. The zero-order chi connectivity index (χ0) is 26.6. The molecule has 0 aliphatic rings. The number of nitrogens with zero attached hydrogens (tertiary/aromatic N) is 1. The highest BCUT2D eigenvalue weighted by molar-refractivity contribution is 6.39. The molecule has 3 rings (SSSR count). The molecule has 192 valence electrons. The van der Waals surface area contributed by atoms with Crippen molar-refractivity contribution in [2.75, 3.05) is 23.8 Å². The molecule has 0 unspecified atom stereocenters. The molecule has 3 aromatic carbocycles. The van der Waals surface area contributed by atoms with E-state index in [0.29, 0.717) is 29.4 Å². The summed E-state index contributed by atoms with van der Waals surface area (Å²) in [6.07, 6.45) is 2.26. The van der Waals surface area contributed by atoms with Crippen molar-refractivity contribution in [2.45, 2.75) is 27.2 Å². The van der Waals surface area contributed by atoms with E-state index in [0.717, 1.165) is 23.2 Å². The van der Waals surface area contributed by atoms with Crippen molar-refractivity contribution in [3.05, 3.63) is 83.4 Å². The average Bonchev–Trinajstić information content (AvgIpc) is 2.89. The molecule has 0 spiro atoms. The molecule has 0 bridgehead atoms. The molecule has 0 fully saturated rings. The molecule has 0 saturated heterocycles. The van der Waals surface area contributed by atoms with Crippen LogP contribution in [0.3, 0.4) is 0 Å². The van der Waals surface area contributed by atoms with Crippen LogP contribution in [-0.4, -0.2) is 37.1 Å². The second-order valence-corrected chi connectivity index (χ2v) is 8.20. The van der Waals surface area contributed by atoms with Gasteiger partial charge < -0.3 is 20.1 Å². The van der Waals surface area contributed by atoms with E-state index in [1.807, 2.05) is 39.0 Å². The van der Waals surface area contributed by atoms with E-state index >= 15 is 0 Å². The molecule has 9 nitrogen and oxygen atoms in total. The lowest BCUT2D eigenvalue weighted by Gasteiger charge is -2.12. The van der Waals surface area contributed by atoms with E-state index in [-0.39, 0.29) is 12.5 Å². The second-order valence-electron chi connectivity index (χ2n) is 8.20. The Kier molecular flexibility index (Phi) is 9.78. The van der Waals surface area contributed by atoms with Gasteiger partial charge in [0.1, 0.15) is 11.5 Å². The molecule has 37 heavy (non-hydrogen) atoms. The van der Waals surface area contributed by atoms with Crippen LogP contribution in [0.1, 0.15) is 30.0 Å². The Balaban J connectivity index is 1.47. The van der Waals surface area contributed by atoms with Crippen molar-refractivity contribution in [1.82, 2.24) is 5.43 Å². The lowest BCUT2D eigenvalue weighted by atomic mass is 10.1. The van der Waals surface area contributed by atoms with Crippen LogP contribution < -0.4 is 25.5 Å². The average molecular weight is 503 g/mol. The summed E-state index contributed by atoms with van der Waals surface area (Å²) in [6, 6.07) is 19.3. The van der Waals surface area contributed by atoms with Crippen LogP contribution in [0.2, 0.25) is 0 Å². The topological polar surface area (TPSA) is 118 Å². The molecule has 0 saturated carbocycles. The minimum Gasteiger partial charge on any atom is -0.494 e. The molecule has 3 amide bonds. The Morgan fingerprint density at radius 3 is 2.24 bits per heavy atom. The van der Waals surface area contributed by atoms with Gasteiger partial charge in [0, 0.05) is 11.4 Å². The Morgan fingerprint density at radius 2 is 1.54 bits per heavy atom. The number of benzene rings is 3. The first kappa shape index (κ1) is 26.9. The quantitative estimate of drug-likeness (QED) is 0.218. The number of ether oxygens (including phenoxy) is 2. The van der Waals surface area contributed by atoms with E-state index in [4.69, 9.17) is 9.47 Å². The maximum Gasteiger partial charge on any atom is 0.329 e. The third-order valence-electron chi connectivity index (χ3n) is 5.14. The number of carbonyl (C=O) groups is 3. The molecular weight excluding hydrogens is 472 g/mol. The monoisotopic (exact) mass is 502 g/mol. The predicted molar refractivity (Wildman–Crippen MR) is 143 cm³/mol. The highest BCUT2D eigenvalue weighted by atomic mass is 16.5. The summed E-state index contributed by atoms with van der Waals surface area (Å²) in [6.45, 7) is 6.29. The number of amides is 3. The number of hydrogen-bond acceptors (Lipinski definition) is 6. The van der Waals surface area contributed by atoms with Crippen LogP contribution in [0.15, 0.2) is 71.8 Å². The summed E-state index contributed by atoms with van der Waals surface area (Å²) in [5.41, 5.74) is 5.96. The molecule has 0 heterocycles. The first-order valence-electron chi connectivity index (χ1n) is 11.8. The normalized spacial score (nSPS) is 10.6. The number of hydrogen-bond donors (Lipinski definition) is 3. The van der Waals surface area contributed by atoms with Gasteiger partial charge in [-0.15, -0.1) is 0 Å². The lowest BCUT2D eigenvalue weighted by molar-refractivity contribution is -0.136. The molecule has 0 atom stereocenters. The molecular formula is C28H30N4O5. The SMILES string of the molecule is CCCOc1ccc(NC(=O)C(=O)N/N=C\c2cccc(OCC(=O)Nc3c(C)cccc3C)c2)cc1. The van der Waals surface area contributed by atoms with Gasteiger partial charge in [-0.05, 0) is 73.4 Å². The van der Waals surface area contributed by atoms with Gasteiger partial charge in [-0.2, -0.15) is 5.10 Å². The summed E-state index contributed by atoms with van der Waals surface area (Å²) in [7, 11) is 0. The van der Waals surface area contributed by atoms with E-state index in [9.17, 15) is 14.4 Å². The first-order chi connectivity index (χ1) is 17.9. The number of rotatable bonds is 10. The molecule has 0 aliphatic carbocycles. The van der Waals surface area contributed by atoms with Crippen LogP contribution >= 0.6 is 0 Å². The highest BCUT2D eigenvalue weighted by Gasteiger charge is 2.13. The standard InChI is InChI=1S/C28H30N4O5/c1-4-15-36-23-13-11-22(12-14-23)30-27(34)28(35)32-29-17-21-9-6-10-24(16-21)37-18-25(33)31-26-19(2)7-5-8-20(26)3/h5-14,16-17H,4,15,18H2,1-3H3,(H,30,34)(H,31,33)(H,32,35)/b29-17-. The van der Waals surface area contributed by atoms with Gasteiger partial charge >= 0.3 is 11.8 Å². The van der Waals surface area contributed by atoms with Crippen molar-refractivity contribution in [3.63, 3.8) is 0 Å². The van der Waals surface area contributed by atoms with Gasteiger partial charge in [0.15, 0.2) is 6.61 Å². The minimum atomic E-state index is -0.918. The van der Waals surface area contributed by atoms with Crippen molar-refractivity contribution >= 4 is 35.3 Å². The van der Waals surface area contributed by atoms with E-state index in [1.165, 1.54) is 6.21 Å². The molecule has 9 heteroatoms. The number of para-hydroxylation sites is 1. The number of carbonyl (C=O) groups excluding carboxylic acids is 3. The Hall–Kier alpha value is -4.66. The van der Waals surface area contributed by atoms with Crippen LogP contribution in [0, 0.1) is 13.8 Å². The van der Waals surface area contributed by atoms with Gasteiger partial charge in [0.05, 0.1) is 12.8 Å². The van der Waals surface area contributed by atoms with Crippen molar-refractivity contribution < 1.29 is 23.9 Å². The fourth-order valence-corrected chi connectivity index (χ4v) is 3.28. The van der Waals surface area contributed by atoms with Gasteiger partial charge in [-0.25, -0.2) is 5.43 Å².